The zero-order valence-electron chi connectivity index (χ0n) is 7.60. The molecule has 2 rings (SSSR count). The van der Waals surface area contributed by atoms with E-state index in [9.17, 15) is 13.2 Å². The first-order valence-corrected chi connectivity index (χ1v) is 5.66. The minimum absolute atomic E-state index is 0.0370. The fraction of sp³-hybridized carbons (Fsp3) is 0. The van der Waals surface area contributed by atoms with E-state index in [0.29, 0.717) is 22.8 Å². The molecule has 1 heterocycles. The molecular formula is C9H8N2O3S. The number of H-pyrrole nitrogens is 1. The number of rotatable bonds is 2. The molecule has 0 aliphatic carbocycles. The van der Waals surface area contributed by atoms with Crippen molar-refractivity contribution >= 4 is 27.2 Å². The summed E-state index contributed by atoms with van der Waals surface area (Å²) in [6.07, 6.45) is 2.01. The van der Waals surface area contributed by atoms with Crippen molar-refractivity contribution in [2.45, 2.75) is 4.90 Å². The maximum atomic E-state index is 11.2. The number of nitrogens with one attached hydrogen (secondary N) is 1. The van der Waals surface area contributed by atoms with Crippen molar-refractivity contribution in [1.82, 2.24) is 4.98 Å². The summed E-state index contributed by atoms with van der Waals surface area (Å²) in [5.74, 6) is 0. The van der Waals surface area contributed by atoms with E-state index in [1.165, 1.54) is 12.3 Å². The van der Waals surface area contributed by atoms with Crippen LogP contribution in [0.25, 0.3) is 10.9 Å². The Balaban J connectivity index is 2.78. The molecule has 0 amide bonds. The summed E-state index contributed by atoms with van der Waals surface area (Å²) in [6, 6.07) is 4.66. The third kappa shape index (κ3) is 1.64. The topological polar surface area (TPSA) is 93.0 Å². The molecule has 78 valence electrons. The fourth-order valence-corrected chi connectivity index (χ4v) is 2.13. The summed E-state index contributed by atoms with van der Waals surface area (Å²) in [5, 5.41) is 5.51. The van der Waals surface area contributed by atoms with Gasteiger partial charge in [-0.15, -0.1) is 0 Å². The van der Waals surface area contributed by atoms with E-state index in [1.54, 1.807) is 12.1 Å². The van der Waals surface area contributed by atoms with Crippen LogP contribution in [-0.2, 0) is 10.0 Å². The second-order valence-electron chi connectivity index (χ2n) is 3.12. The highest BCUT2D eigenvalue weighted by atomic mass is 32.2. The monoisotopic (exact) mass is 224 g/mol. The van der Waals surface area contributed by atoms with Crippen molar-refractivity contribution < 1.29 is 13.2 Å². The maximum Gasteiger partial charge on any atom is 0.240 e. The SMILES string of the molecule is NS(=O)(=O)c1c[nH]c2cc(C=O)ccc12. The predicted molar refractivity (Wildman–Crippen MR) is 55.1 cm³/mol. The number of nitrogens with two attached hydrogens (primary N) is 1. The van der Waals surface area contributed by atoms with Crippen LogP contribution in [0.3, 0.4) is 0 Å². The van der Waals surface area contributed by atoms with Gasteiger partial charge in [0.2, 0.25) is 10.0 Å². The van der Waals surface area contributed by atoms with Crippen molar-refractivity contribution in [3.63, 3.8) is 0 Å². The molecule has 0 radical (unpaired) electrons. The summed E-state index contributed by atoms with van der Waals surface area (Å²) in [6.45, 7) is 0. The van der Waals surface area contributed by atoms with E-state index >= 15 is 0 Å². The van der Waals surface area contributed by atoms with Crippen molar-refractivity contribution in [2.24, 2.45) is 5.14 Å². The number of aromatic nitrogens is 1. The van der Waals surface area contributed by atoms with Crippen molar-refractivity contribution in [2.75, 3.05) is 0 Å². The fourth-order valence-electron chi connectivity index (χ4n) is 1.43. The number of benzene rings is 1. The van der Waals surface area contributed by atoms with Crippen LogP contribution in [0.5, 0.6) is 0 Å². The average Bonchev–Trinajstić information content (AvgIpc) is 2.59. The quantitative estimate of drug-likeness (QED) is 0.732. The van der Waals surface area contributed by atoms with Gasteiger partial charge in [0.15, 0.2) is 0 Å². The zero-order chi connectivity index (χ0) is 11.1. The Kier molecular flexibility index (Phi) is 2.09. The van der Waals surface area contributed by atoms with Crippen molar-refractivity contribution in [3.8, 4) is 0 Å². The molecule has 0 fully saturated rings. The van der Waals surface area contributed by atoms with Gasteiger partial charge in [-0.1, -0.05) is 12.1 Å². The number of carbonyl (C=O) groups excluding carboxylic acids is 1. The van der Waals surface area contributed by atoms with Crippen LogP contribution in [0, 0.1) is 0 Å². The maximum absolute atomic E-state index is 11.2. The number of hydrogen-bond acceptors (Lipinski definition) is 3. The molecule has 0 saturated heterocycles. The lowest BCUT2D eigenvalue weighted by Gasteiger charge is -1.95. The van der Waals surface area contributed by atoms with Crippen LogP contribution in [0.2, 0.25) is 0 Å². The van der Waals surface area contributed by atoms with Crippen LogP contribution < -0.4 is 5.14 Å². The highest BCUT2D eigenvalue weighted by Gasteiger charge is 2.13. The molecule has 0 aliphatic heterocycles. The Morgan fingerprint density at radius 1 is 1.33 bits per heavy atom. The van der Waals surface area contributed by atoms with E-state index in [4.69, 9.17) is 5.14 Å². The Labute approximate surface area is 85.9 Å². The molecule has 3 N–H and O–H groups in total. The molecule has 0 bridgehead atoms. The third-order valence-corrected chi connectivity index (χ3v) is 3.06. The second-order valence-corrected chi connectivity index (χ2v) is 4.65. The van der Waals surface area contributed by atoms with Crippen LogP contribution >= 0.6 is 0 Å². The van der Waals surface area contributed by atoms with Crippen molar-refractivity contribution in [3.05, 3.63) is 30.0 Å². The van der Waals surface area contributed by atoms with Gasteiger partial charge in [0, 0.05) is 22.7 Å². The number of sulfonamides is 1. The Morgan fingerprint density at radius 3 is 2.67 bits per heavy atom. The number of aldehydes is 1. The van der Waals surface area contributed by atoms with E-state index in [0.717, 1.165) is 0 Å². The zero-order valence-corrected chi connectivity index (χ0v) is 8.41. The molecule has 15 heavy (non-hydrogen) atoms. The molecule has 1 aromatic carbocycles. The van der Waals surface area contributed by atoms with Gasteiger partial charge in [0.1, 0.15) is 11.2 Å². The van der Waals surface area contributed by atoms with E-state index < -0.39 is 10.0 Å². The summed E-state index contributed by atoms with van der Waals surface area (Å²) in [4.78, 5) is 13.3. The third-order valence-electron chi connectivity index (χ3n) is 2.11. The van der Waals surface area contributed by atoms with E-state index in [1.807, 2.05) is 0 Å². The smallest absolute Gasteiger partial charge is 0.240 e. The normalized spacial score (nSPS) is 11.8. The van der Waals surface area contributed by atoms with Gasteiger partial charge < -0.3 is 4.98 Å². The lowest BCUT2D eigenvalue weighted by Crippen LogP contribution is -2.11. The summed E-state index contributed by atoms with van der Waals surface area (Å²) in [7, 11) is -3.73. The molecule has 6 heteroatoms. The minimum Gasteiger partial charge on any atom is -0.360 e. The summed E-state index contributed by atoms with van der Waals surface area (Å²) in [5.41, 5.74) is 1.05. The van der Waals surface area contributed by atoms with Crippen molar-refractivity contribution in [1.29, 1.82) is 0 Å². The number of carbonyl (C=O) groups is 1. The van der Waals surface area contributed by atoms with Gasteiger partial charge in [0.25, 0.3) is 0 Å². The number of fused-ring (bicyclic) bond motifs is 1. The number of hydrogen-bond donors (Lipinski definition) is 2. The average molecular weight is 224 g/mol. The van der Waals surface area contributed by atoms with Crippen LogP contribution in [0.15, 0.2) is 29.3 Å². The number of primary sulfonamides is 1. The van der Waals surface area contributed by atoms with Gasteiger partial charge in [-0.3, -0.25) is 4.79 Å². The lowest BCUT2D eigenvalue weighted by atomic mass is 10.2. The van der Waals surface area contributed by atoms with Crippen LogP contribution in [0.1, 0.15) is 10.4 Å². The van der Waals surface area contributed by atoms with Crippen LogP contribution in [-0.4, -0.2) is 19.7 Å². The molecular weight excluding hydrogens is 216 g/mol. The highest BCUT2D eigenvalue weighted by Crippen LogP contribution is 2.21. The summed E-state index contributed by atoms with van der Waals surface area (Å²) >= 11 is 0. The van der Waals surface area contributed by atoms with E-state index in [2.05, 4.69) is 4.98 Å². The Hall–Kier alpha value is -1.66. The molecule has 5 nitrogen and oxygen atoms in total. The number of aromatic amines is 1. The first-order chi connectivity index (χ1) is 7.02. The predicted octanol–water partition coefficient (Wildman–Crippen LogP) is 0.628. The molecule has 0 spiro atoms. The van der Waals surface area contributed by atoms with Gasteiger partial charge >= 0.3 is 0 Å². The largest absolute Gasteiger partial charge is 0.360 e. The summed E-state index contributed by atoms with van der Waals surface area (Å²) < 4.78 is 22.3. The molecule has 2 aromatic rings. The van der Waals surface area contributed by atoms with Gasteiger partial charge in [-0.05, 0) is 6.07 Å². The van der Waals surface area contributed by atoms with Crippen LogP contribution in [0.4, 0.5) is 0 Å². The van der Waals surface area contributed by atoms with Gasteiger partial charge in [-0.2, -0.15) is 0 Å². The molecule has 0 aliphatic rings. The molecule has 0 unspecified atom stereocenters. The van der Waals surface area contributed by atoms with Gasteiger partial charge in [-0.25, -0.2) is 13.6 Å². The Morgan fingerprint density at radius 2 is 2.07 bits per heavy atom. The van der Waals surface area contributed by atoms with E-state index in [-0.39, 0.29) is 4.90 Å². The molecule has 1 aromatic heterocycles. The standard InChI is InChI=1S/C9H8N2O3S/c10-15(13,14)9-4-11-8-3-6(5-12)1-2-7(8)9/h1-5,11H,(H2,10,13,14). The molecule has 0 atom stereocenters. The lowest BCUT2D eigenvalue weighted by molar-refractivity contribution is 0.112. The molecule has 0 saturated carbocycles. The first-order valence-electron chi connectivity index (χ1n) is 4.11. The Bertz CT molecular complexity index is 628. The first kappa shape index (κ1) is 9.88. The highest BCUT2D eigenvalue weighted by molar-refractivity contribution is 7.89. The minimum atomic E-state index is -3.73. The second kappa shape index (κ2) is 3.18. The van der Waals surface area contributed by atoms with Gasteiger partial charge in [0.05, 0.1) is 0 Å².